The highest BCUT2D eigenvalue weighted by molar-refractivity contribution is 6.30. The van der Waals surface area contributed by atoms with E-state index < -0.39 is 0 Å². The molecule has 2 N–H and O–H groups in total. The minimum Gasteiger partial charge on any atom is -0.349 e. The Labute approximate surface area is 153 Å². The van der Waals surface area contributed by atoms with Gasteiger partial charge in [0, 0.05) is 28.9 Å². The second kappa shape index (κ2) is 8.02. The van der Waals surface area contributed by atoms with Gasteiger partial charge in [-0.1, -0.05) is 18.0 Å². The topological polar surface area (TPSA) is 58.9 Å². The lowest BCUT2D eigenvalue weighted by Gasteiger charge is -2.11. The van der Waals surface area contributed by atoms with Crippen molar-refractivity contribution in [3.05, 3.63) is 46.2 Å². The van der Waals surface area contributed by atoms with E-state index in [1.54, 1.807) is 0 Å². The first-order valence-corrected chi connectivity index (χ1v) is 9.30. The van der Waals surface area contributed by atoms with Crippen molar-refractivity contribution in [1.82, 2.24) is 20.4 Å². The van der Waals surface area contributed by atoms with E-state index in [-0.39, 0.29) is 11.9 Å². The number of hydrogen-bond donors (Lipinski definition) is 2. The quantitative estimate of drug-likeness (QED) is 0.805. The summed E-state index contributed by atoms with van der Waals surface area (Å²) in [4.78, 5) is 12.7. The molecule has 1 aromatic heterocycles. The Morgan fingerprint density at radius 2 is 1.96 bits per heavy atom. The maximum absolute atomic E-state index is 12.7. The molecule has 25 heavy (non-hydrogen) atoms. The molecule has 1 aliphatic rings. The number of carbonyl (C=O) groups is 1. The van der Waals surface area contributed by atoms with Crippen LogP contribution in [0.25, 0.3) is 5.69 Å². The van der Waals surface area contributed by atoms with Gasteiger partial charge < -0.3 is 10.6 Å². The van der Waals surface area contributed by atoms with Crippen molar-refractivity contribution in [3.8, 4) is 5.69 Å². The van der Waals surface area contributed by atoms with Gasteiger partial charge >= 0.3 is 0 Å². The summed E-state index contributed by atoms with van der Waals surface area (Å²) in [7, 11) is 1.89. The van der Waals surface area contributed by atoms with Gasteiger partial charge in [-0.15, -0.1) is 0 Å². The largest absolute Gasteiger partial charge is 0.349 e. The van der Waals surface area contributed by atoms with Gasteiger partial charge in [0.25, 0.3) is 5.91 Å². The molecule has 6 heteroatoms. The monoisotopic (exact) mass is 360 g/mol. The van der Waals surface area contributed by atoms with Gasteiger partial charge in [-0.3, -0.25) is 4.79 Å². The summed E-state index contributed by atoms with van der Waals surface area (Å²) in [6.07, 6.45) is 5.28. The number of amides is 1. The molecule has 1 heterocycles. The van der Waals surface area contributed by atoms with Crippen molar-refractivity contribution >= 4 is 17.5 Å². The molecule has 2 aromatic rings. The molecular formula is C19H25ClN4O. The van der Waals surface area contributed by atoms with Crippen LogP contribution in [0.3, 0.4) is 0 Å². The SMILES string of the molecule is CNC(C)CNC(=O)c1nn(-c2ccc(Cl)cc2)c2c1CCCCC2. The van der Waals surface area contributed by atoms with Crippen LogP contribution in [0.5, 0.6) is 0 Å². The molecule has 1 atom stereocenters. The number of carbonyl (C=O) groups excluding carboxylic acids is 1. The highest BCUT2D eigenvalue weighted by Crippen LogP contribution is 2.27. The first kappa shape index (κ1) is 18.0. The molecule has 0 saturated heterocycles. The summed E-state index contributed by atoms with van der Waals surface area (Å²) in [5.41, 5.74) is 3.77. The summed E-state index contributed by atoms with van der Waals surface area (Å²) in [5, 5.41) is 11.5. The summed E-state index contributed by atoms with van der Waals surface area (Å²) in [5.74, 6) is -0.0898. The maximum atomic E-state index is 12.7. The first-order valence-electron chi connectivity index (χ1n) is 8.92. The lowest BCUT2D eigenvalue weighted by molar-refractivity contribution is 0.0944. The number of fused-ring (bicyclic) bond motifs is 1. The molecule has 134 valence electrons. The number of hydrogen-bond acceptors (Lipinski definition) is 3. The fraction of sp³-hybridized carbons (Fsp3) is 0.474. The van der Waals surface area contributed by atoms with Gasteiger partial charge in [-0.25, -0.2) is 4.68 Å². The minimum atomic E-state index is -0.0898. The van der Waals surface area contributed by atoms with E-state index in [1.165, 1.54) is 6.42 Å². The Bertz CT molecular complexity index is 739. The molecule has 1 unspecified atom stereocenters. The molecule has 0 spiro atoms. The Hall–Kier alpha value is -1.85. The smallest absolute Gasteiger partial charge is 0.272 e. The maximum Gasteiger partial charge on any atom is 0.272 e. The highest BCUT2D eigenvalue weighted by atomic mass is 35.5. The Balaban J connectivity index is 1.95. The molecule has 1 aromatic carbocycles. The zero-order valence-corrected chi connectivity index (χ0v) is 15.6. The summed E-state index contributed by atoms with van der Waals surface area (Å²) in [6, 6.07) is 7.84. The van der Waals surface area contributed by atoms with E-state index in [9.17, 15) is 4.79 Å². The average Bonchev–Trinajstić information content (AvgIpc) is 2.81. The van der Waals surface area contributed by atoms with E-state index in [0.29, 0.717) is 17.3 Å². The number of benzene rings is 1. The van der Waals surface area contributed by atoms with E-state index >= 15 is 0 Å². The Morgan fingerprint density at radius 3 is 2.68 bits per heavy atom. The van der Waals surface area contributed by atoms with E-state index in [2.05, 4.69) is 15.7 Å². The molecule has 1 amide bonds. The molecule has 1 aliphatic carbocycles. The third kappa shape index (κ3) is 4.05. The van der Waals surface area contributed by atoms with Crippen molar-refractivity contribution in [2.24, 2.45) is 0 Å². The second-order valence-corrected chi connectivity index (χ2v) is 7.06. The van der Waals surface area contributed by atoms with Crippen LogP contribution < -0.4 is 10.6 Å². The van der Waals surface area contributed by atoms with Gasteiger partial charge in [0.1, 0.15) is 0 Å². The average molecular weight is 361 g/mol. The van der Waals surface area contributed by atoms with Crippen LogP contribution in [-0.4, -0.2) is 35.3 Å². The standard InChI is InChI=1S/C19H25ClN4O/c1-13(21-2)12-22-19(25)18-16-6-4-3-5-7-17(16)24(23-18)15-10-8-14(20)9-11-15/h8-11,13,21H,3-7,12H2,1-2H3,(H,22,25). The normalized spacial score (nSPS) is 15.3. The number of nitrogens with one attached hydrogen (secondary N) is 2. The van der Waals surface area contributed by atoms with Crippen molar-refractivity contribution in [2.45, 2.75) is 45.1 Å². The zero-order chi connectivity index (χ0) is 17.8. The number of halogens is 1. The highest BCUT2D eigenvalue weighted by Gasteiger charge is 2.24. The van der Waals surface area contributed by atoms with Crippen molar-refractivity contribution in [2.75, 3.05) is 13.6 Å². The number of nitrogens with zero attached hydrogens (tertiary/aromatic N) is 2. The molecule has 3 rings (SSSR count). The molecule has 0 radical (unpaired) electrons. The molecule has 0 fully saturated rings. The van der Waals surface area contributed by atoms with Crippen LogP contribution in [0.2, 0.25) is 5.02 Å². The van der Waals surface area contributed by atoms with Gasteiger partial charge in [0.15, 0.2) is 5.69 Å². The number of likely N-dealkylation sites (N-methyl/N-ethyl adjacent to an activating group) is 1. The number of rotatable bonds is 5. The van der Waals surface area contributed by atoms with Crippen molar-refractivity contribution in [1.29, 1.82) is 0 Å². The van der Waals surface area contributed by atoms with Gasteiger partial charge in [-0.2, -0.15) is 5.10 Å². The third-order valence-electron chi connectivity index (χ3n) is 4.78. The van der Waals surface area contributed by atoms with Crippen LogP contribution >= 0.6 is 11.6 Å². The zero-order valence-electron chi connectivity index (χ0n) is 14.8. The molecular weight excluding hydrogens is 336 g/mol. The number of aromatic nitrogens is 2. The summed E-state index contributed by atoms with van der Waals surface area (Å²) < 4.78 is 1.92. The van der Waals surface area contributed by atoms with E-state index in [1.807, 2.05) is 42.9 Å². The van der Waals surface area contributed by atoms with E-state index in [4.69, 9.17) is 11.6 Å². The van der Waals surface area contributed by atoms with Gasteiger partial charge in [0.2, 0.25) is 0 Å². The minimum absolute atomic E-state index is 0.0898. The first-order chi connectivity index (χ1) is 12.1. The van der Waals surface area contributed by atoms with Crippen LogP contribution in [-0.2, 0) is 12.8 Å². The molecule has 0 bridgehead atoms. The Morgan fingerprint density at radius 1 is 1.24 bits per heavy atom. The third-order valence-corrected chi connectivity index (χ3v) is 5.03. The van der Waals surface area contributed by atoms with Gasteiger partial charge in [0.05, 0.1) is 5.69 Å². The lowest BCUT2D eigenvalue weighted by Crippen LogP contribution is -2.37. The fourth-order valence-corrected chi connectivity index (χ4v) is 3.31. The summed E-state index contributed by atoms with van der Waals surface area (Å²) >= 11 is 6.01. The molecule has 5 nitrogen and oxygen atoms in total. The van der Waals surface area contributed by atoms with Crippen LogP contribution in [0, 0.1) is 0 Å². The Kier molecular flexibility index (Phi) is 5.76. The lowest BCUT2D eigenvalue weighted by atomic mass is 10.1. The van der Waals surface area contributed by atoms with Gasteiger partial charge in [-0.05, 0) is 63.9 Å². The van der Waals surface area contributed by atoms with Crippen LogP contribution in [0.15, 0.2) is 24.3 Å². The summed E-state index contributed by atoms with van der Waals surface area (Å²) in [6.45, 7) is 2.62. The predicted octanol–water partition coefficient (Wildman–Crippen LogP) is 3.13. The fourth-order valence-electron chi connectivity index (χ4n) is 3.19. The second-order valence-electron chi connectivity index (χ2n) is 6.62. The molecule has 0 saturated carbocycles. The van der Waals surface area contributed by atoms with E-state index in [0.717, 1.165) is 42.6 Å². The van der Waals surface area contributed by atoms with Crippen LogP contribution in [0.1, 0.15) is 47.9 Å². The van der Waals surface area contributed by atoms with Crippen molar-refractivity contribution < 1.29 is 4.79 Å². The van der Waals surface area contributed by atoms with Crippen LogP contribution in [0.4, 0.5) is 0 Å². The van der Waals surface area contributed by atoms with Crippen molar-refractivity contribution in [3.63, 3.8) is 0 Å². The molecule has 0 aliphatic heterocycles. The predicted molar refractivity (Wildman–Crippen MR) is 101 cm³/mol.